The molecule has 3 aromatic carbocycles. The Hall–Kier alpha value is -3.45. The smallest absolute Gasteiger partial charge is 0.231 e. The van der Waals surface area contributed by atoms with E-state index in [9.17, 15) is 0 Å². The van der Waals surface area contributed by atoms with Crippen molar-refractivity contribution in [3.8, 4) is 40.0 Å². The van der Waals surface area contributed by atoms with Crippen molar-refractivity contribution in [1.29, 1.82) is 0 Å². The molecule has 180 valence electrons. The molecule has 3 heterocycles. The molecule has 2 aliphatic rings. The fourth-order valence-corrected chi connectivity index (χ4v) is 4.65. The maximum atomic E-state index is 6.25. The molecule has 0 bridgehead atoms. The maximum absolute atomic E-state index is 6.25. The van der Waals surface area contributed by atoms with Crippen molar-refractivity contribution in [2.24, 2.45) is 0 Å². The van der Waals surface area contributed by atoms with Gasteiger partial charge in [0.05, 0.1) is 31.3 Å². The van der Waals surface area contributed by atoms with E-state index in [1.807, 2.05) is 36.4 Å². The fourth-order valence-electron chi connectivity index (χ4n) is 4.65. The molecular weight excluding hydrogens is 510 g/mol. The summed E-state index contributed by atoms with van der Waals surface area (Å²) in [6, 6.07) is 20.3. The molecule has 0 atom stereocenters. The monoisotopic (exact) mass is 535 g/mol. The van der Waals surface area contributed by atoms with Gasteiger partial charge >= 0.3 is 0 Å². The van der Waals surface area contributed by atoms with E-state index in [0.29, 0.717) is 13.2 Å². The molecule has 35 heavy (non-hydrogen) atoms. The number of benzene rings is 3. The molecule has 6 nitrogen and oxygen atoms in total. The Labute approximate surface area is 214 Å². The number of rotatable bonds is 7. The number of aryl methyl sites for hydroxylation is 2. The highest BCUT2D eigenvalue weighted by Gasteiger charge is 2.28. The third kappa shape index (κ3) is 4.48. The number of halogens is 1. The zero-order valence-electron chi connectivity index (χ0n) is 19.5. The minimum absolute atomic E-state index is 0. The van der Waals surface area contributed by atoms with Gasteiger partial charge in [-0.1, -0.05) is 18.2 Å². The summed E-state index contributed by atoms with van der Waals surface area (Å²) in [4.78, 5) is 0. The van der Waals surface area contributed by atoms with Crippen molar-refractivity contribution in [2.75, 3.05) is 27.1 Å². The minimum atomic E-state index is 0. The summed E-state index contributed by atoms with van der Waals surface area (Å²) in [7, 11) is 1.68. The fraction of sp³-hybridized carbons (Fsp3) is 0.250. The first-order chi connectivity index (χ1) is 16.8. The van der Waals surface area contributed by atoms with Crippen LogP contribution in [0.25, 0.3) is 22.0 Å². The summed E-state index contributed by atoms with van der Waals surface area (Å²) in [6.07, 6.45) is 3.88. The van der Waals surface area contributed by atoms with Crippen LogP contribution < -0.4 is 45.2 Å². The van der Waals surface area contributed by atoms with Gasteiger partial charge in [0.15, 0.2) is 35.7 Å². The maximum Gasteiger partial charge on any atom is 0.231 e. The van der Waals surface area contributed by atoms with Gasteiger partial charge in [0.1, 0.15) is 5.75 Å². The van der Waals surface area contributed by atoms with E-state index in [1.54, 1.807) is 7.11 Å². The van der Waals surface area contributed by atoms with Crippen LogP contribution in [0.4, 0.5) is 0 Å². The molecule has 0 fully saturated rings. The third-order valence-corrected chi connectivity index (χ3v) is 6.34. The zero-order chi connectivity index (χ0) is 22.9. The lowest BCUT2D eigenvalue weighted by Gasteiger charge is -2.18. The van der Waals surface area contributed by atoms with E-state index < -0.39 is 0 Å². The van der Waals surface area contributed by atoms with Crippen molar-refractivity contribution >= 4 is 10.8 Å². The van der Waals surface area contributed by atoms with Gasteiger partial charge in [-0.05, 0) is 47.3 Å². The summed E-state index contributed by atoms with van der Waals surface area (Å²) < 4.78 is 31.2. The molecule has 0 spiro atoms. The van der Waals surface area contributed by atoms with Gasteiger partial charge in [-0.25, -0.2) is 0 Å². The van der Waals surface area contributed by atoms with Crippen LogP contribution in [0.5, 0.6) is 28.7 Å². The molecule has 2 aliphatic heterocycles. The Bertz CT molecular complexity index is 1360. The van der Waals surface area contributed by atoms with E-state index in [0.717, 1.165) is 58.9 Å². The summed E-state index contributed by atoms with van der Waals surface area (Å²) in [5.41, 5.74) is 3.64. The van der Waals surface area contributed by atoms with E-state index in [-0.39, 0.29) is 23.8 Å². The van der Waals surface area contributed by atoms with Gasteiger partial charge in [0.25, 0.3) is 0 Å². The second-order valence-corrected chi connectivity index (χ2v) is 8.43. The molecule has 0 aliphatic carbocycles. The summed E-state index contributed by atoms with van der Waals surface area (Å²) >= 11 is 0. The van der Waals surface area contributed by atoms with E-state index in [1.165, 1.54) is 16.8 Å². The van der Waals surface area contributed by atoms with Crippen LogP contribution in [-0.2, 0) is 13.0 Å². The van der Waals surface area contributed by atoms with Crippen molar-refractivity contribution in [2.45, 2.75) is 19.4 Å². The predicted molar refractivity (Wildman–Crippen MR) is 128 cm³/mol. The largest absolute Gasteiger partial charge is 1.00 e. The van der Waals surface area contributed by atoms with Gasteiger partial charge in [0.2, 0.25) is 12.5 Å². The number of pyridine rings is 1. The molecule has 0 radical (unpaired) electrons. The Morgan fingerprint density at radius 3 is 2.54 bits per heavy atom. The average Bonchev–Trinajstić information content (AvgIpc) is 3.34. The van der Waals surface area contributed by atoms with Gasteiger partial charge in [-0.15, -0.1) is 0 Å². The first-order valence-corrected chi connectivity index (χ1v) is 11.6. The minimum Gasteiger partial charge on any atom is -1.00 e. The lowest BCUT2D eigenvalue weighted by atomic mass is 9.95. The topological polar surface area (TPSA) is 50.0 Å². The third-order valence-electron chi connectivity index (χ3n) is 6.34. The van der Waals surface area contributed by atoms with E-state index in [4.69, 9.17) is 23.7 Å². The van der Waals surface area contributed by atoms with Gasteiger partial charge < -0.3 is 40.7 Å². The number of methoxy groups -OCH3 is 1. The van der Waals surface area contributed by atoms with Crippen LogP contribution in [0.1, 0.15) is 12.0 Å². The number of nitrogens with zero attached hydrogens (tertiary/aromatic N) is 1. The van der Waals surface area contributed by atoms with Crippen molar-refractivity contribution in [3.63, 3.8) is 0 Å². The highest BCUT2D eigenvalue weighted by molar-refractivity contribution is 5.91. The number of hydrogen-bond acceptors (Lipinski definition) is 5. The van der Waals surface area contributed by atoms with Crippen LogP contribution >= 0.6 is 0 Å². The van der Waals surface area contributed by atoms with E-state index >= 15 is 0 Å². The molecule has 7 heteroatoms. The van der Waals surface area contributed by atoms with Crippen molar-refractivity contribution in [3.05, 3.63) is 72.4 Å². The number of para-hydroxylation sites is 1. The summed E-state index contributed by atoms with van der Waals surface area (Å²) in [6.45, 7) is 2.30. The first kappa shape index (κ1) is 23.3. The molecule has 6 rings (SSSR count). The Kier molecular flexibility index (Phi) is 6.68. The van der Waals surface area contributed by atoms with E-state index in [2.05, 4.69) is 35.0 Å². The highest BCUT2D eigenvalue weighted by atomic mass is 79.9. The molecule has 0 unspecified atom stereocenters. The molecular formula is C28H26BrNO5. The lowest BCUT2D eigenvalue weighted by Crippen LogP contribution is -3.00. The van der Waals surface area contributed by atoms with Crippen LogP contribution in [0, 0.1) is 0 Å². The van der Waals surface area contributed by atoms with Gasteiger partial charge in [-0.3, -0.25) is 0 Å². The molecule has 0 saturated carbocycles. The number of aromatic nitrogens is 1. The van der Waals surface area contributed by atoms with Crippen LogP contribution in [0.3, 0.4) is 0 Å². The first-order valence-electron chi connectivity index (χ1n) is 11.6. The quantitative estimate of drug-likeness (QED) is 0.267. The molecule has 0 saturated heterocycles. The highest BCUT2D eigenvalue weighted by Crippen LogP contribution is 2.41. The average molecular weight is 536 g/mol. The Morgan fingerprint density at radius 2 is 1.71 bits per heavy atom. The number of ether oxygens (including phenoxy) is 5. The number of hydrogen-bond donors (Lipinski definition) is 0. The Morgan fingerprint density at radius 1 is 0.914 bits per heavy atom. The Balaban J connectivity index is 0.00000253. The van der Waals surface area contributed by atoms with Crippen molar-refractivity contribution in [1.82, 2.24) is 0 Å². The second kappa shape index (κ2) is 10.0. The summed E-state index contributed by atoms with van der Waals surface area (Å²) in [5.74, 6) is 4.02. The van der Waals surface area contributed by atoms with Crippen LogP contribution in [0.2, 0.25) is 0 Å². The number of fused-ring (bicyclic) bond motifs is 5. The van der Waals surface area contributed by atoms with Gasteiger partial charge in [0, 0.05) is 18.9 Å². The molecule has 0 amide bonds. The van der Waals surface area contributed by atoms with Crippen LogP contribution in [0.15, 0.2) is 66.9 Å². The standard InChI is InChI=1S/C28H26NO5.BrH/c1-30-25-9-8-19-14-24-22-16-27-26(33-18-34-27)15-20(22)10-11-29(24)17-23(19)28(25)32-13-5-12-31-21-6-3-2-4-7-21;/h2-4,6-9,14-17H,5,10-13,18H2,1H3;1H/q+1;/p-1. The normalized spacial score (nSPS) is 12.9. The molecule has 4 aromatic rings. The SMILES string of the molecule is COc1ccc2cc3[n+](cc2c1OCCCOc1ccccc1)CCc1cc2c(cc1-3)OCO2.[Br-]. The van der Waals surface area contributed by atoms with Crippen LogP contribution in [-0.4, -0.2) is 27.1 Å². The van der Waals surface area contributed by atoms with Crippen molar-refractivity contribution < 1.29 is 45.2 Å². The molecule has 1 aromatic heterocycles. The lowest BCUT2D eigenvalue weighted by molar-refractivity contribution is -0.686. The zero-order valence-corrected chi connectivity index (χ0v) is 21.0. The van der Waals surface area contributed by atoms with Gasteiger partial charge in [-0.2, -0.15) is 4.57 Å². The second-order valence-electron chi connectivity index (χ2n) is 8.43. The molecule has 0 N–H and O–H groups in total. The predicted octanol–water partition coefficient (Wildman–Crippen LogP) is 1.94. The summed E-state index contributed by atoms with van der Waals surface area (Å²) in [5, 5.41) is 2.14.